The standard InChI is InChI=1S/C20H37N/c21-18-12-8-4-7-11-17(13-14-18)20-15-19(20)16-9-5-2-1-3-6-10-16/h16-20H,1-15,21H2. The Bertz CT molecular complexity index is 292. The van der Waals surface area contributed by atoms with E-state index < -0.39 is 0 Å². The maximum Gasteiger partial charge on any atom is 0.00389 e. The number of rotatable bonds is 2. The molecule has 4 atom stereocenters. The van der Waals surface area contributed by atoms with Crippen molar-refractivity contribution in [2.75, 3.05) is 0 Å². The molecule has 3 aliphatic carbocycles. The van der Waals surface area contributed by atoms with Gasteiger partial charge in [-0.1, -0.05) is 70.6 Å². The number of hydrogen-bond acceptors (Lipinski definition) is 1. The van der Waals surface area contributed by atoms with Crippen molar-refractivity contribution in [1.82, 2.24) is 0 Å². The molecule has 21 heavy (non-hydrogen) atoms. The van der Waals surface area contributed by atoms with Gasteiger partial charge in [-0.2, -0.15) is 0 Å². The third kappa shape index (κ3) is 4.71. The monoisotopic (exact) mass is 291 g/mol. The SMILES string of the molecule is NC1CCCCCC(C2CC2C2CCCCCCC2)CC1. The Morgan fingerprint density at radius 3 is 1.62 bits per heavy atom. The predicted molar refractivity (Wildman–Crippen MR) is 91.2 cm³/mol. The molecule has 3 aliphatic rings. The molecule has 3 rings (SSSR count). The van der Waals surface area contributed by atoms with Crippen molar-refractivity contribution in [2.24, 2.45) is 29.4 Å². The topological polar surface area (TPSA) is 26.0 Å². The van der Waals surface area contributed by atoms with Gasteiger partial charge in [-0.3, -0.25) is 0 Å². The van der Waals surface area contributed by atoms with E-state index in [2.05, 4.69) is 0 Å². The lowest BCUT2D eigenvalue weighted by Gasteiger charge is -2.23. The van der Waals surface area contributed by atoms with Crippen LogP contribution in [0.3, 0.4) is 0 Å². The van der Waals surface area contributed by atoms with Crippen molar-refractivity contribution in [2.45, 2.75) is 102 Å². The minimum atomic E-state index is 0.504. The van der Waals surface area contributed by atoms with Gasteiger partial charge in [0.15, 0.2) is 0 Å². The highest BCUT2D eigenvalue weighted by Crippen LogP contribution is 2.54. The summed E-state index contributed by atoms with van der Waals surface area (Å²) in [6, 6.07) is 0.504. The first-order valence-electron chi connectivity index (χ1n) is 10.1. The van der Waals surface area contributed by atoms with E-state index in [9.17, 15) is 0 Å². The summed E-state index contributed by atoms with van der Waals surface area (Å²) in [7, 11) is 0. The van der Waals surface area contributed by atoms with E-state index in [4.69, 9.17) is 5.73 Å². The van der Waals surface area contributed by atoms with Crippen LogP contribution in [-0.2, 0) is 0 Å². The second-order valence-corrected chi connectivity index (χ2v) is 8.40. The van der Waals surface area contributed by atoms with Crippen molar-refractivity contribution >= 4 is 0 Å². The number of hydrogen-bond donors (Lipinski definition) is 1. The lowest BCUT2D eigenvalue weighted by atomic mass is 9.83. The molecule has 4 unspecified atom stereocenters. The summed E-state index contributed by atoms with van der Waals surface area (Å²) in [6.45, 7) is 0. The Hall–Kier alpha value is -0.0400. The van der Waals surface area contributed by atoms with Crippen molar-refractivity contribution in [3.05, 3.63) is 0 Å². The van der Waals surface area contributed by atoms with Gasteiger partial charge in [0.2, 0.25) is 0 Å². The van der Waals surface area contributed by atoms with Crippen molar-refractivity contribution < 1.29 is 0 Å². The van der Waals surface area contributed by atoms with Gasteiger partial charge in [-0.05, 0) is 49.4 Å². The van der Waals surface area contributed by atoms with Crippen LogP contribution in [0.4, 0.5) is 0 Å². The van der Waals surface area contributed by atoms with Gasteiger partial charge in [-0.15, -0.1) is 0 Å². The van der Waals surface area contributed by atoms with E-state index in [0.717, 1.165) is 23.7 Å². The lowest BCUT2D eigenvalue weighted by Crippen LogP contribution is -2.21. The summed E-state index contributed by atoms with van der Waals surface area (Å²) < 4.78 is 0. The van der Waals surface area contributed by atoms with Crippen LogP contribution in [0, 0.1) is 23.7 Å². The molecule has 0 spiro atoms. The highest BCUT2D eigenvalue weighted by atomic mass is 14.6. The highest BCUT2D eigenvalue weighted by Gasteiger charge is 2.46. The summed E-state index contributed by atoms with van der Waals surface area (Å²) in [4.78, 5) is 0. The van der Waals surface area contributed by atoms with E-state index in [1.54, 1.807) is 19.3 Å². The Morgan fingerprint density at radius 1 is 0.476 bits per heavy atom. The number of nitrogens with two attached hydrogens (primary N) is 1. The molecule has 122 valence electrons. The Balaban J connectivity index is 1.49. The van der Waals surface area contributed by atoms with Crippen LogP contribution < -0.4 is 5.73 Å². The van der Waals surface area contributed by atoms with Gasteiger partial charge in [-0.25, -0.2) is 0 Å². The van der Waals surface area contributed by atoms with E-state index in [1.165, 1.54) is 77.0 Å². The molecule has 0 saturated heterocycles. The third-order valence-electron chi connectivity index (χ3n) is 6.81. The molecule has 3 fully saturated rings. The molecule has 2 N–H and O–H groups in total. The smallest absolute Gasteiger partial charge is 0.00389 e. The van der Waals surface area contributed by atoms with Crippen molar-refractivity contribution in [1.29, 1.82) is 0 Å². The second kappa shape index (κ2) is 7.99. The van der Waals surface area contributed by atoms with Gasteiger partial charge in [0.1, 0.15) is 0 Å². The van der Waals surface area contributed by atoms with Crippen LogP contribution in [0.15, 0.2) is 0 Å². The second-order valence-electron chi connectivity index (χ2n) is 8.40. The summed E-state index contributed by atoms with van der Waals surface area (Å²) >= 11 is 0. The van der Waals surface area contributed by atoms with Gasteiger partial charge in [0.05, 0.1) is 0 Å². The first kappa shape index (κ1) is 15.8. The first-order valence-corrected chi connectivity index (χ1v) is 10.1. The quantitative estimate of drug-likeness (QED) is 0.697. The van der Waals surface area contributed by atoms with Crippen LogP contribution in [-0.4, -0.2) is 6.04 Å². The fraction of sp³-hybridized carbons (Fsp3) is 1.00. The van der Waals surface area contributed by atoms with E-state index in [1.807, 2.05) is 0 Å². The Kier molecular flexibility index (Phi) is 6.03. The van der Waals surface area contributed by atoms with Gasteiger partial charge >= 0.3 is 0 Å². The highest BCUT2D eigenvalue weighted by molar-refractivity contribution is 4.95. The zero-order valence-corrected chi connectivity index (χ0v) is 14.1. The normalized spacial score (nSPS) is 40.4. The summed E-state index contributed by atoms with van der Waals surface area (Å²) in [5.74, 6) is 4.34. The Labute approximate surface area is 132 Å². The largest absolute Gasteiger partial charge is 0.328 e. The van der Waals surface area contributed by atoms with Gasteiger partial charge in [0.25, 0.3) is 0 Å². The molecule has 1 heteroatoms. The molecular formula is C20H37N. The van der Waals surface area contributed by atoms with Crippen molar-refractivity contribution in [3.63, 3.8) is 0 Å². The fourth-order valence-corrected chi connectivity index (χ4v) is 5.37. The average molecular weight is 292 g/mol. The molecule has 0 amide bonds. The maximum absolute atomic E-state index is 6.27. The van der Waals surface area contributed by atoms with Crippen LogP contribution in [0.2, 0.25) is 0 Å². The van der Waals surface area contributed by atoms with Crippen LogP contribution >= 0.6 is 0 Å². The molecule has 1 nitrogen and oxygen atoms in total. The van der Waals surface area contributed by atoms with Crippen LogP contribution in [0.1, 0.15) is 96.3 Å². The maximum atomic E-state index is 6.27. The summed E-state index contributed by atoms with van der Waals surface area (Å²) in [5.41, 5.74) is 6.27. The Morgan fingerprint density at radius 2 is 0.952 bits per heavy atom. The van der Waals surface area contributed by atoms with Gasteiger partial charge in [0, 0.05) is 6.04 Å². The van der Waals surface area contributed by atoms with E-state index >= 15 is 0 Å². The molecule has 3 saturated carbocycles. The molecule has 0 aliphatic heterocycles. The van der Waals surface area contributed by atoms with Crippen LogP contribution in [0.25, 0.3) is 0 Å². The molecule has 0 bridgehead atoms. The van der Waals surface area contributed by atoms with Crippen molar-refractivity contribution in [3.8, 4) is 0 Å². The molecule has 0 aromatic carbocycles. The average Bonchev–Trinajstić information content (AvgIpc) is 3.20. The minimum Gasteiger partial charge on any atom is -0.328 e. The third-order valence-corrected chi connectivity index (χ3v) is 6.81. The lowest BCUT2D eigenvalue weighted by molar-refractivity contribution is 0.286. The minimum absolute atomic E-state index is 0.504. The van der Waals surface area contributed by atoms with Gasteiger partial charge < -0.3 is 5.73 Å². The molecule has 0 radical (unpaired) electrons. The predicted octanol–water partition coefficient (Wildman–Crippen LogP) is 5.67. The summed E-state index contributed by atoms with van der Waals surface area (Å²) in [6.07, 6.45) is 22.1. The van der Waals surface area contributed by atoms with Crippen LogP contribution in [0.5, 0.6) is 0 Å². The molecular weight excluding hydrogens is 254 g/mol. The zero-order valence-electron chi connectivity index (χ0n) is 14.1. The van der Waals surface area contributed by atoms with E-state index in [-0.39, 0.29) is 0 Å². The molecule has 0 aromatic heterocycles. The summed E-state index contributed by atoms with van der Waals surface area (Å²) in [5, 5.41) is 0. The molecule has 0 heterocycles. The fourth-order valence-electron chi connectivity index (χ4n) is 5.37. The first-order chi connectivity index (χ1) is 10.3. The zero-order chi connectivity index (χ0) is 14.5. The van der Waals surface area contributed by atoms with E-state index in [0.29, 0.717) is 6.04 Å². The molecule has 0 aromatic rings.